The number of nitrogens with one attached hydrogen (secondary N) is 2. The van der Waals surface area contributed by atoms with Gasteiger partial charge in [-0.1, -0.05) is 36.4 Å². The van der Waals surface area contributed by atoms with Gasteiger partial charge in [-0.25, -0.2) is 0 Å². The molecule has 110 valence electrons. The van der Waals surface area contributed by atoms with Gasteiger partial charge in [0.25, 0.3) is 5.91 Å². The lowest BCUT2D eigenvalue weighted by Gasteiger charge is -2.10. The van der Waals surface area contributed by atoms with Crippen LogP contribution in [0.4, 0.5) is 5.69 Å². The number of hydrogen-bond acceptors (Lipinski definition) is 3. The normalized spacial score (nSPS) is 10.4. The van der Waals surface area contributed by atoms with Crippen LogP contribution in [-0.2, 0) is 0 Å². The van der Waals surface area contributed by atoms with E-state index in [1.165, 1.54) is 10.8 Å². The fourth-order valence-corrected chi connectivity index (χ4v) is 2.36. The first-order valence-electron chi connectivity index (χ1n) is 7.24. The van der Waals surface area contributed by atoms with Crippen LogP contribution in [0.2, 0.25) is 0 Å². The lowest BCUT2D eigenvalue weighted by atomic mass is 10.1. The van der Waals surface area contributed by atoms with Gasteiger partial charge in [-0.05, 0) is 23.6 Å². The van der Waals surface area contributed by atoms with Gasteiger partial charge in [0, 0.05) is 42.1 Å². The number of benzene rings is 2. The van der Waals surface area contributed by atoms with Crippen molar-refractivity contribution in [1.29, 1.82) is 0 Å². The van der Waals surface area contributed by atoms with Gasteiger partial charge in [-0.2, -0.15) is 0 Å². The van der Waals surface area contributed by atoms with E-state index in [-0.39, 0.29) is 5.91 Å². The van der Waals surface area contributed by atoms with E-state index < -0.39 is 0 Å². The van der Waals surface area contributed by atoms with Gasteiger partial charge in [-0.15, -0.1) is 0 Å². The van der Waals surface area contributed by atoms with Crippen LogP contribution in [0, 0.1) is 0 Å². The maximum absolute atomic E-state index is 11.9. The molecule has 1 aromatic heterocycles. The molecular formula is C18H17N3O. The third-order valence-electron chi connectivity index (χ3n) is 3.46. The van der Waals surface area contributed by atoms with Crippen LogP contribution in [-0.4, -0.2) is 24.0 Å². The fraction of sp³-hybridized carbons (Fsp3) is 0.111. The molecule has 0 unspecified atom stereocenters. The molecule has 1 heterocycles. The molecule has 0 saturated carbocycles. The summed E-state index contributed by atoms with van der Waals surface area (Å²) >= 11 is 0. The summed E-state index contributed by atoms with van der Waals surface area (Å²) in [5.74, 6) is -0.0814. The number of carbonyl (C=O) groups is 1. The number of anilines is 1. The van der Waals surface area contributed by atoms with E-state index in [2.05, 4.69) is 33.8 Å². The molecule has 3 aromatic rings. The third-order valence-corrected chi connectivity index (χ3v) is 3.46. The Hall–Kier alpha value is -2.88. The number of nitrogens with zero attached hydrogens (tertiary/aromatic N) is 1. The predicted molar refractivity (Wildman–Crippen MR) is 89.0 cm³/mol. The minimum Gasteiger partial charge on any atom is -0.383 e. The molecular weight excluding hydrogens is 274 g/mol. The highest BCUT2D eigenvalue weighted by molar-refractivity contribution is 5.94. The number of pyridine rings is 1. The zero-order valence-electron chi connectivity index (χ0n) is 12.1. The first kappa shape index (κ1) is 14.1. The fourth-order valence-electron chi connectivity index (χ4n) is 2.36. The summed E-state index contributed by atoms with van der Waals surface area (Å²) in [7, 11) is 0. The SMILES string of the molecule is O=C(NCCNc1cccc2ccccc12)c1ccncc1. The second-order valence-electron chi connectivity index (χ2n) is 4.95. The first-order valence-corrected chi connectivity index (χ1v) is 7.24. The van der Waals surface area contributed by atoms with Crippen molar-refractivity contribution < 1.29 is 4.79 Å². The molecule has 0 spiro atoms. The van der Waals surface area contributed by atoms with Gasteiger partial charge in [0.05, 0.1) is 0 Å². The van der Waals surface area contributed by atoms with Crippen molar-refractivity contribution in [3.63, 3.8) is 0 Å². The van der Waals surface area contributed by atoms with E-state index in [1.54, 1.807) is 24.5 Å². The molecule has 0 fully saturated rings. The average molecular weight is 291 g/mol. The molecule has 1 amide bonds. The summed E-state index contributed by atoms with van der Waals surface area (Å²) in [4.78, 5) is 15.8. The predicted octanol–water partition coefficient (Wildman–Crippen LogP) is 3.08. The lowest BCUT2D eigenvalue weighted by Crippen LogP contribution is -2.28. The highest BCUT2D eigenvalue weighted by Crippen LogP contribution is 2.22. The Labute approximate surface area is 129 Å². The number of fused-ring (bicyclic) bond motifs is 1. The zero-order valence-corrected chi connectivity index (χ0v) is 12.1. The van der Waals surface area contributed by atoms with Crippen LogP contribution in [0.1, 0.15) is 10.4 Å². The maximum atomic E-state index is 11.9. The Bertz CT molecular complexity index is 766. The van der Waals surface area contributed by atoms with Crippen LogP contribution in [0.5, 0.6) is 0 Å². The Morgan fingerprint density at radius 2 is 1.68 bits per heavy atom. The van der Waals surface area contributed by atoms with Crippen molar-refractivity contribution in [2.75, 3.05) is 18.4 Å². The summed E-state index contributed by atoms with van der Waals surface area (Å²) in [6.07, 6.45) is 3.23. The van der Waals surface area contributed by atoms with Crippen LogP contribution in [0.3, 0.4) is 0 Å². The van der Waals surface area contributed by atoms with E-state index >= 15 is 0 Å². The second-order valence-corrected chi connectivity index (χ2v) is 4.95. The number of rotatable bonds is 5. The molecule has 0 radical (unpaired) electrons. The number of aromatic nitrogens is 1. The Morgan fingerprint density at radius 1 is 0.909 bits per heavy atom. The van der Waals surface area contributed by atoms with Crippen molar-refractivity contribution in [1.82, 2.24) is 10.3 Å². The van der Waals surface area contributed by atoms with Crippen LogP contribution < -0.4 is 10.6 Å². The molecule has 0 aliphatic heterocycles. The minimum atomic E-state index is -0.0814. The molecule has 4 heteroatoms. The van der Waals surface area contributed by atoms with Gasteiger partial charge >= 0.3 is 0 Å². The van der Waals surface area contributed by atoms with E-state index in [0.29, 0.717) is 18.7 Å². The molecule has 0 bridgehead atoms. The van der Waals surface area contributed by atoms with Gasteiger partial charge < -0.3 is 10.6 Å². The largest absolute Gasteiger partial charge is 0.383 e. The first-order chi connectivity index (χ1) is 10.8. The molecule has 22 heavy (non-hydrogen) atoms. The van der Waals surface area contributed by atoms with Crippen molar-refractivity contribution >= 4 is 22.4 Å². The van der Waals surface area contributed by atoms with Gasteiger partial charge in [-0.3, -0.25) is 9.78 Å². The van der Waals surface area contributed by atoms with Crippen LogP contribution >= 0.6 is 0 Å². The van der Waals surface area contributed by atoms with Crippen molar-refractivity contribution in [2.24, 2.45) is 0 Å². The van der Waals surface area contributed by atoms with Crippen molar-refractivity contribution in [3.05, 3.63) is 72.6 Å². The summed E-state index contributed by atoms with van der Waals surface area (Å²) in [6, 6.07) is 17.8. The Kier molecular flexibility index (Phi) is 4.30. The third kappa shape index (κ3) is 3.23. The number of hydrogen-bond donors (Lipinski definition) is 2. The van der Waals surface area contributed by atoms with Crippen molar-refractivity contribution in [2.45, 2.75) is 0 Å². The maximum Gasteiger partial charge on any atom is 0.251 e. The van der Waals surface area contributed by atoms with Gasteiger partial charge in [0.15, 0.2) is 0 Å². The molecule has 2 N–H and O–H groups in total. The van der Waals surface area contributed by atoms with Crippen LogP contribution in [0.25, 0.3) is 10.8 Å². The minimum absolute atomic E-state index is 0.0814. The van der Waals surface area contributed by atoms with Crippen LogP contribution in [0.15, 0.2) is 67.0 Å². The quantitative estimate of drug-likeness (QED) is 0.710. The highest BCUT2D eigenvalue weighted by atomic mass is 16.1. The topological polar surface area (TPSA) is 54.0 Å². The van der Waals surface area contributed by atoms with Crippen molar-refractivity contribution in [3.8, 4) is 0 Å². The summed E-state index contributed by atoms with van der Waals surface area (Å²) in [6.45, 7) is 1.23. The molecule has 0 saturated heterocycles. The summed E-state index contributed by atoms with van der Waals surface area (Å²) < 4.78 is 0. The molecule has 0 atom stereocenters. The molecule has 2 aromatic carbocycles. The monoisotopic (exact) mass is 291 g/mol. The highest BCUT2D eigenvalue weighted by Gasteiger charge is 2.03. The molecule has 4 nitrogen and oxygen atoms in total. The van der Waals surface area contributed by atoms with E-state index in [9.17, 15) is 4.79 Å². The van der Waals surface area contributed by atoms with Gasteiger partial charge in [0.1, 0.15) is 0 Å². The summed E-state index contributed by atoms with van der Waals surface area (Å²) in [5, 5.41) is 8.64. The summed E-state index contributed by atoms with van der Waals surface area (Å²) in [5.41, 5.74) is 1.71. The lowest BCUT2D eigenvalue weighted by molar-refractivity contribution is 0.0955. The average Bonchev–Trinajstić information content (AvgIpc) is 2.59. The van der Waals surface area contributed by atoms with E-state index in [4.69, 9.17) is 0 Å². The van der Waals surface area contributed by atoms with Gasteiger partial charge in [0.2, 0.25) is 0 Å². The molecule has 3 rings (SSSR count). The second kappa shape index (κ2) is 6.72. The van der Waals surface area contributed by atoms with E-state index in [0.717, 1.165) is 5.69 Å². The number of amides is 1. The Balaban J connectivity index is 1.56. The zero-order chi connectivity index (χ0) is 15.2. The number of carbonyl (C=O) groups excluding carboxylic acids is 1. The Morgan fingerprint density at radius 3 is 2.55 bits per heavy atom. The smallest absolute Gasteiger partial charge is 0.251 e. The molecule has 0 aliphatic rings. The molecule has 0 aliphatic carbocycles. The standard InChI is InChI=1S/C18H17N3O/c22-18(15-8-10-19-11-9-15)21-13-12-20-17-7-3-5-14-4-1-2-6-16(14)17/h1-11,20H,12-13H2,(H,21,22). The van der Waals surface area contributed by atoms with E-state index in [1.807, 2.05) is 24.3 Å².